The average molecular weight is 194 g/mol. The Bertz CT molecular complexity index is 592. The number of hydrogen-bond acceptors (Lipinski definition) is 3. The van der Waals surface area contributed by atoms with Crippen molar-refractivity contribution in [3.8, 4) is 12.1 Å². The molecule has 0 amide bonds. The van der Waals surface area contributed by atoms with Crippen LogP contribution in [0.2, 0.25) is 0 Å². The second kappa shape index (κ2) is 3.69. The lowest BCUT2D eigenvalue weighted by atomic mass is 10.1. The van der Waals surface area contributed by atoms with Crippen molar-refractivity contribution in [2.75, 3.05) is 0 Å². The molecule has 1 aromatic heterocycles. The smallest absolute Gasteiger partial charge is 0.134 e. The molecule has 70 valence electrons. The van der Waals surface area contributed by atoms with Gasteiger partial charge < -0.3 is 4.42 Å². The largest absolute Gasteiger partial charge is 0.464 e. The van der Waals surface area contributed by atoms with Crippen molar-refractivity contribution in [3.05, 3.63) is 41.7 Å². The van der Waals surface area contributed by atoms with E-state index in [9.17, 15) is 0 Å². The summed E-state index contributed by atoms with van der Waals surface area (Å²) in [6, 6.07) is 11.0. The molecule has 0 aliphatic carbocycles. The molecule has 3 heteroatoms. The van der Waals surface area contributed by atoms with Crippen molar-refractivity contribution >= 4 is 17.0 Å². The van der Waals surface area contributed by atoms with Gasteiger partial charge in [0, 0.05) is 5.39 Å². The summed E-state index contributed by atoms with van der Waals surface area (Å²) < 4.78 is 5.21. The van der Waals surface area contributed by atoms with Crippen LogP contribution in [0.3, 0.4) is 0 Å². The van der Waals surface area contributed by atoms with Crippen molar-refractivity contribution in [2.24, 2.45) is 0 Å². The highest BCUT2D eigenvalue weighted by atomic mass is 16.3. The molecule has 0 fully saturated rings. The van der Waals surface area contributed by atoms with Crippen molar-refractivity contribution < 1.29 is 4.42 Å². The number of hydrogen-bond donors (Lipinski definition) is 0. The predicted molar refractivity (Wildman–Crippen MR) is 55.4 cm³/mol. The highest BCUT2D eigenvalue weighted by Crippen LogP contribution is 2.21. The van der Waals surface area contributed by atoms with Gasteiger partial charge in [-0.15, -0.1) is 0 Å². The molecule has 3 nitrogen and oxygen atoms in total. The van der Waals surface area contributed by atoms with Crippen molar-refractivity contribution in [3.63, 3.8) is 0 Å². The average Bonchev–Trinajstić information content (AvgIpc) is 2.74. The zero-order valence-corrected chi connectivity index (χ0v) is 7.77. The van der Waals surface area contributed by atoms with Gasteiger partial charge in [-0.1, -0.05) is 12.1 Å². The van der Waals surface area contributed by atoms with Crippen molar-refractivity contribution in [2.45, 2.75) is 0 Å². The van der Waals surface area contributed by atoms with Crippen LogP contribution < -0.4 is 0 Å². The van der Waals surface area contributed by atoms with Gasteiger partial charge in [-0.25, -0.2) is 0 Å². The normalized spacial score (nSPS) is 9.20. The first-order valence-electron chi connectivity index (χ1n) is 4.33. The van der Waals surface area contributed by atoms with Gasteiger partial charge in [0.1, 0.15) is 23.3 Å². The second-order valence-electron chi connectivity index (χ2n) is 2.96. The van der Waals surface area contributed by atoms with E-state index in [1.54, 1.807) is 12.3 Å². The fourth-order valence-electron chi connectivity index (χ4n) is 1.39. The monoisotopic (exact) mass is 194 g/mol. The topological polar surface area (TPSA) is 60.7 Å². The Balaban J connectivity index is 2.64. The van der Waals surface area contributed by atoms with E-state index in [1.165, 1.54) is 0 Å². The molecule has 0 bridgehead atoms. The summed E-state index contributed by atoms with van der Waals surface area (Å²) in [7, 11) is 0. The van der Waals surface area contributed by atoms with Gasteiger partial charge in [-0.2, -0.15) is 10.5 Å². The van der Waals surface area contributed by atoms with E-state index in [2.05, 4.69) is 0 Å². The third-order valence-corrected chi connectivity index (χ3v) is 2.07. The molecule has 0 atom stereocenters. The van der Waals surface area contributed by atoms with Crippen LogP contribution in [-0.4, -0.2) is 0 Å². The predicted octanol–water partition coefficient (Wildman–Crippen LogP) is 2.86. The minimum Gasteiger partial charge on any atom is -0.464 e. The van der Waals surface area contributed by atoms with Crippen LogP contribution >= 0.6 is 0 Å². The van der Waals surface area contributed by atoms with Crippen LogP contribution in [0.1, 0.15) is 5.56 Å². The molecule has 15 heavy (non-hydrogen) atoms. The number of nitrogens with zero attached hydrogens (tertiary/aromatic N) is 2. The molecule has 0 unspecified atom stereocenters. The fraction of sp³-hybridized carbons (Fsp3) is 0. The lowest BCUT2D eigenvalue weighted by Gasteiger charge is -1.94. The van der Waals surface area contributed by atoms with Crippen LogP contribution in [0.5, 0.6) is 0 Å². The third kappa shape index (κ3) is 1.59. The molecule has 0 radical (unpaired) electrons. The molecule has 1 aromatic carbocycles. The van der Waals surface area contributed by atoms with E-state index in [4.69, 9.17) is 14.9 Å². The van der Waals surface area contributed by atoms with Crippen LogP contribution in [0.4, 0.5) is 0 Å². The molecule has 2 rings (SSSR count). The van der Waals surface area contributed by atoms with Gasteiger partial charge in [-0.05, 0) is 23.8 Å². The number of benzene rings is 1. The number of nitriles is 2. The van der Waals surface area contributed by atoms with E-state index in [1.807, 2.05) is 36.4 Å². The first-order chi connectivity index (χ1) is 7.35. The highest BCUT2D eigenvalue weighted by molar-refractivity contribution is 5.88. The fourth-order valence-corrected chi connectivity index (χ4v) is 1.39. The van der Waals surface area contributed by atoms with Crippen molar-refractivity contribution in [1.82, 2.24) is 0 Å². The standard InChI is InChI=1S/C12H6N2O/c13-7-9(8-14)6-10-2-1-3-12-11(10)4-5-15-12/h1-6H. The maximum Gasteiger partial charge on any atom is 0.134 e. The quantitative estimate of drug-likeness (QED) is 0.655. The molecule has 0 saturated carbocycles. The van der Waals surface area contributed by atoms with Gasteiger partial charge in [0.05, 0.1) is 6.26 Å². The molecule has 2 aromatic rings. The maximum absolute atomic E-state index is 8.65. The molecule has 0 saturated heterocycles. The summed E-state index contributed by atoms with van der Waals surface area (Å²) >= 11 is 0. The first-order valence-corrected chi connectivity index (χ1v) is 4.33. The summed E-state index contributed by atoms with van der Waals surface area (Å²) in [5.74, 6) is 0. The second-order valence-corrected chi connectivity index (χ2v) is 2.96. The Morgan fingerprint density at radius 1 is 1.20 bits per heavy atom. The Morgan fingerprint density at radius 3 is 2.73 bits per heavy atom. The number of furan rings is 1. The van der Waals surface area contributed by atoms with Crippen LogP contribution in [0.15, 0.2) is 40.5 Å². The zero-order chi connectivity index (χ0) is 10.7. The van der Waals surface area contributed by atoms with Gasteiger partial charge in [0.25, 0.3) is 0 Å². The van der Waals surface area contributed by atoms with E-state index in [0.29, 0.717) is 0 Å². The molecule has 1 heterocycles. The number of fused-ring (bicyclic) bond motifs is 1. The molecule has 0 aliphatic heterocycles. The molecule has 0 spiro atoms. The van der Waals surface area contributed by atoms with E-state index < -0.39 is 0 Å². The van der Waals surface area contributed by atoms with Crippen LogP contribution in [0.25, 0.3) is 17.0 Å². The third-order valence-electron chi connectivity index (χ3n) is 2.07. The molecular formula is C12H6N2O. The van der Waals surface area contributed by atoms with Crippen LogP contribution in [0, 0.1) is 22.7 Å². The maximum atomic E-state index is 8.65. The van der Waals surface area contributed by atoms with Gasteiger partial charge in [0.15, 0.2) is 0 Å². The lowest BCUT2D eigenvalue weighted by molar-refractivity contribution is 0.616. The summed E-state index contributed by atoms with van der Waals surface area (Å²) in [4.78, 5) is 0. The SMILES string of the molecule is N#CC(C#N)=Cc1cccc2occc12. The minimum atomic E-state index is 0.0868. The Labute approximate surface area is 86.5 Å². The minimum absolute atomic E-state index is 0.0868. The highest BCUT2D eigenvalue weighted by Gasteiger charge is 2.01. The Hall–Kier alpha value is -2.52. The van der Waals surface area contributed by atoms with Gasteiger partial charge >= 0.3 is 0 Å². The van der Waals surface area contributed by atoms with Gasteiger partial charge in [0.2, 0.25) is 0 Å². The van der Waals surface area contributed by atoms with Crippen molar-refractivity contribution in [1.29, 1.82) is 10.5 Å². The summed E-state index contributed by atoms with van der Waals surface area (Å²) in [5, 5.41) is 18.2. The number of rotatable bonds is 1. The van der Waals surface area contributed by atoms with Gasteiger partial charge in [-0.3, -0.25) is 0 Å². The van der Waals surface area contributed by atoms with E-state index >= 15 is 0 Å². The van der Waals surface area contributed by atoms with Crippen LogP contribution in [-0.2, 0) is 0 Å². The molecular weight excluding hydrogens is 188 g/mol. The Morgan fingerprint density at radius 2 is 2.00 bits per heavy atom. The van der Waals surface area contributed by atoms with E-state index in [-0.39, 0.29) is 5.57 Å². The number of allylic oxidation sites excluding steroid dienone is 1. The Kier molecular flexibility index (Phi) is 2.23. The van der Waals surface area contributed by atoms with E-state index in [0.717, 1.165) is 16.5 Å². The lowest BCUT2D eigenvalue weighted by Crippen LogP contribution is -1.76. The molecule has 0 aliphatic rings. The zero-order valence-electron chi connectivity index (χ0n) is 7.77. The first kappa shape index (κ1) is 9.05. The summed E-state index contributed by atoms with van der Waals surface area (Å²) in [6.45, 7) is 0. The summed E-state index contributed by atoms with van der Waals surface area (Å²) in [6.07, 6.45) is 3.14. The summed E-state index contributed by atoms with van der Waals surface area (Å²) in [5.41, 5.74) is 1.65. The molecule has 0 N–H and O–H groups in total.